The van der Waals surface area contributed by atoms with Gasteiger partial charge in [0.05, 0.1) is 5.69 Å². The zero-order valence-electron chi connectivity index (χ0n) is 18.6. The molecule has 0 bridgehead atoms. The van der Waals surface area contributed by atoms with Crippen LogP contribution >= 0.6 is 11.3 Å². The Morgan fingerprint density at radius 3 is 2.58 bits per heavy atom. The molecule has 2 aromatic carbocycles. The molecule has 0 aliphatic carbocycles. The van der Waals surface area contributed by atoms with Crippen LogP contribution in [-0.4, -0.2) is 33.0 Å². The number of nitrogens with zero attached hydrogens (tertiary/aromatic N) is 1. The van der Waals surface area contributed by atoms with Crippen LogP contribution < -0.4 is 14.4 Å². The molecule has 0 fully saturated rings. The quantitative estimate of drug-likeness (QED) is 0.389. The van der Waals surface area contributed by atoms with Gasteiger partial charge in [-0.15, -0.1) is 11.3 Å². The minimum Gasteiger partial charge on any atom is -0.484 e. The zero-order chi connectivity index (χ0) is 23.6. The number of sulfonamides is 1. The van der Waals surface area contributed by atoms with Crippen LogP contribution in [-0.2, 0) is 21.4 Å². The molecular formula is C24H25N3O4S2. The summed E-state index contributed by atoms with van der Waals surface area (Å²) in [5, 5.41) is 5.74. The van der Waals surface area contributed by atoms with Gasteiger partial charge in [0.1, 0.15) is 9.96 Å². The van der Waals surface area contributed by atoms with Crippen molar-refractivity contribution in [3.63, 3.8) is 0 Å². The average molecular weight is 484 g/mol. The van der Waals surface area contributed by atoms with Crippen molar-refractivity contribution < 1.29 is 17.9 Å². The number of hydrogen-bond acceptors (Lipinski definition) is 5. The molecule has 0 atom stereocenters. The Morgan fingerprint density at radius 1 is 1.12 bits per heavy atom. The number of anilines is 1. The summed E-state index contributed by atoms with van der Waals surface area (Å²) in [5.74, 6) is 0.245. The first kappa shape index (κ1) is 22.9. The topological polar surface area (TPSA) is 91.5 Å². The fourth-order valence-electron chi connectivity index (χ4n) is 3.46. The molecule has 2 N–H and O–H groups in total. The molecule has 4 aromatic rings. The predicted molar refractivity (Wildman–Crippen MR) is 131 cm³/mol. The van der Waals surface area contributed by atoms with E-state index in [2.05, 4.69) is 23.3 Å². The van der Waals surface area contributed by atoms with E-state index in [1.54, 1.807) is 41.8 Å². The van der Waals surface area contributed by atoms with E-state index in [9.17, 15) is 13.2 Å². The monoisotopic (exact) mass is 483 g/mol. The molecule has 33 heavy (non-hydrogen) atoms. The van der Waals surface area contributed by atoms with Gasteiger partial charge in [0, 0.05) is 30.2 Å². The van der Waals surface area contributed by atoms with E-state index in [0.717, 1.165) is 22.2 Å². The fraction of sp³-hybridized carbons (Fsp3) is 0.208. The summed E-state index contributed by atoms with van der Waals surface area (Å²) in [7, 11) is -2.09. The van der Waals surface area contributed by atoms with Crippen molar-refractivity contribution in [3.05, 3.63) is 76.8 Å². The Hall–Kier alpha value is -3.30. The van der Waals surface area contributed by atoms with E-state index >= 15 is 0 Å². The maximum absolute atomic E-state index is 12.6. The molecule has 0 radical (unpaired) electrons. The smallest absolute Gasteiger partial charge is 0.273 e. The van der Waals surface area contributed by atoms with Crippen LogP contribution in [0, 0.1) is 13.8 Å². The lowest BCUT2D eigenvalue weighted by atomic mass is 10.1. The zero-order valence-corrected chi connectivity index (χ0v) is 20.2. The number of amides is 1. The molecule has 9 heteroatoms. The second-order valence-electron chi connectivity index (χ2n) is 7.72. The third-order valence-electron chi connectivity index (χ3n) is 5.54. The number of H-pyrrole nitrogens is 1. The van der Waals surface area contributed by atoms with Crippen molar-refractivity contribution in [1.82, 2.24) is 10.3 Å². The first-order valence-electron chi connectivity index (χ1n) is 10.4. The summed E-state index contributed by atoms with van der Waals surface area (Å²) in [6, 6.07) is 15.9. The van der Waals surface area contributed by atoms with Crippen LogP contribution in [0.5, 0.6) is 5.75 Å². The van der Waals surface area contributed by atoms with E-state index < -0.39 is 10.0 Å². The van der Waals surface area contributed by atoms with Crippen molar-refractivity contribution in [2.75, 3.05) is 18.0 Å². The average Bonchev–Trinajstić information content (AvgIpc) is 3.45. The van der Waals surface area contributed by atoms with Crippen molar-refractivity contribution in [3.8, 4) is 5.75 Å². The van der Waals surface area contributed by atoms with Gasteiger partial charge in [0.25, 0.3) is 15.9 Å². The molecule has 2 heterocycles. The number of thiophene rings is 1. The van der Waals surface area contributed by atoms with Gasteiger partial charge < -0.3 is 15.0 Å². The molecule has 0 saturated heterocycles. The summed E-state index contributed by atoms with van der Waals surface area (Å²) < 4.78 is 32.3. The molecule has 0 aliphatic rings. The molecule has 1 amide bonds. The molecule has 0 saturated carbocycles. The van der Waals surface area contributed by atoms with E-state index in [0.29, 0.717) is 18.0 Å². The van der Waals surface area contributed by atoms with Crippen LogP contribution in [0.25, 0.3) is 10.9 Å². The lowest BCUT2D eigenvalue weighted by molar-refractivity contribution is -0.123. The first-order valence-corrected chi connectivity index (χ1v) is 12.7. The third kappa shape index (κ3) is 4.89. The second kappa shape index (κ2) is 9.29. The maximum atomic E-state index is 12.6. The van der Waals surface area contributed by atoms with Gasteiger partial charge in [-0.05, 0) is 72.8 Å². The number of aromatic amines is 1. The number of carbonyl (C=O) groups excluding carboxylic acids is 1. The summed E-state index contributed by atoms with van der Waals surface area (Å²) in [6.07, 6.45) is 0. The largest absolute Gasteiger partial charge is 0.484 e. The standard InChI is InChI=1S/C24H25N3O4S2/c1-16-17(2)26-22-11-6-18(13-21(16)22)14-25-23(28)15-31-20-9-7-19(8-10-20)27(3)33(29,30)24-5-4-12-32-24/h4-13,26H,14-15H2,1-3H3,(H,25,28). The highest BCUT2D eigenvalue weighted by molar-refractivity contribution is 7.94. The van der Waals surface area contributed by atoms with Gasteiger partial charge in [-0.3, -0.25) is 9.10 Å². The van der Waals surface area contributed by atoms with Crippen LogP contribution in [0.1, 0.15) is 16.8 Å². The normalized spacial score (nSPS) is 11.5. The number of nitrogens with one attached hydrogen (secondary N) is 2. The number of fused-ring (bicyclic) bond motifs is 1. The Balaban J connectivity index is 1.31. The lowest BCUT2D eigenvalue weighted by Crippen LogP contribution is -2.28. The predicted octanol–water partition coefficient (Wildman–Crippen LogP) is 4.37. The molecular weight excluding hydrogens is 458 g/mol. The fourth-order valence-corrected chi connectivity index (χ4v) is 5.81. The number of hydrogen-bond donors (Lipinski definition) is 2. The highest BCUT2D eigenvalue weighted by Gasteiger charge is 2.22. The Bertz CT molecular complexity index is 1380. The minimum absolute atomic E-state index is 0.132. The van der Waals surface area contributed by atoms with Crippen LogP contribution in [0.3, 0.4) is 0 Å². The molecule has 7 nitrogen and oxygen atoms in total. The summed E-state index contributed by atoms with van der Waals surface area (Å²) >= 11 is 1.17. The van der Waals surface area contributed by atoms with Crippen LogP contribution in [0.2, 0.25) is 0 Å². The second-order valence-corrected chi connectivity index (χ2v) is 10.9. The summed E-state index contributed by atoms with van der Waals surface area (Å²) in [6.45, 7) is 4.39. The number of aromatic nitrogens is 1. The molecule has 0 aliphatic heterocycles. The Labute approximate surface area is 197 Å². The Morgan fingerprint density at radius 2 is 1.88 bits per heavy atom. The van der Waals surface area contributed by atoms with E-state index in [1.165, 1.54) is 28.3 Å². The van der Waals surface area contributed by atoms with Gasteiger partial charge in [-0.1, -0.05) is 12.1 Å². The van der Waals surface area contributed by atoms with Crippen LogP contribution in [0.15, 0.2) is 64.2 Å². The van der Waals surface area contributed by atoms with Gasteiger partial charge in [-0.25, -0.2) is 8.42 Å². The van der Waals surface area contributed by atoms with Gasteiger partial charge in [0.2, 0.25) is 0 Å². The van der Waals surface area contributed by atoms with Gasteiger partial charge in [0.15, 0.2) is 6.61 Å². The number of carbonyl (C=O) groups is 1. The van der Waals surface area contributed by atoms with Gasteiger partial charge >= 0.3 is 0 Å². The molecule has 4 rings (SSSR count). The number of benzene rings is 2. The van der Waals surface area contributed by atoms with Gasteiger partial charge in [-0.2, -0.15) is 0 Å². The van der Waals surface area contributed by atoms with Crippen molar-refractivity contribution in [2.45, 2.75) is 24.6 Å². The maximum Gasteiger partial charge on any atom is 0.273 e. The van der Waals surface area contributed by atoms with E-state index in [4.69, 9.17) is 4.74 Å². The number of aryl methyl sites for hydroxylation is 2. The molecule has 2 aromatic heterocycles. The highest BCUT2D eigenvalue weighted by Crippen LogP contribution is 2.26. The molecule has 0 spiro atoms. The van der Waals surface area contributed by atoms with E-state index in [1.807, 2.05) is 19.1 Å². The van der Waals surface area contributed by atoms with Crippen molar-refractivity contribution >= 4 is 43.9 Å². The SMILES string of the molecule is Cc1[nH]c2ccc(CNC(=O)COc3ccc(N(C)S(=O)(=O)c4cccs4)cc3)cc2c1C. The number of rotatable bonds is 8. The van der Waals surface area contributed by atoms with Crippen LogP contribution in [0.4, 0.5) is 5.69 Å². The third-order valence-corrected chi connectivity index (χ3v) is 8.70. The molecule has 0 unspecified atom stereocenters. The highest BCUT2D eigenvalue weighted by atomic mass is 32.2. The Kier molecular flexibility index (Phi) is 6.44. The lowest BCUT2D eigenvalue weighted by Gasteiger charge is -2.18. The minimum atomic E-state index is -3.59. The number of ether oxygens (including phenoxy) is 1. The van der Waals surface area contributed by atoms with Crippen molar-refractivity contribution in [2.24, 2.45) is 0 Å². The van der Waals surface area contributed by atoms with Crippen molar-refractivity contribution in [1.29, 1.82) is 0 Å². The summed E-state index contributed by atoms with van der Waals surface area (Å²) in [4.78, 5) is 15.6. The van der Waals surface area contributed by atoms with E-state index in [-0.39, 0.29) is 16.7 Å². The summed E-state index contributed by atoms with van der Waals surface area (Å²) in [5.41, 5.74) is 4.95. The molecule has 172 valence electrons. The first-order chi connectivity index (χ1) is 15.8.